The van der Waals surface area contributed by atoms with Crippen molar-refractivity contribution in [2.24, 2.45) is 11.3 Å². The Labute approximate surface area is 214 Å². The number of fused-ring (bicyclic) bond motifs is 5. The minimum absolute atomic E-state index is 0.132. The highest BCUT2D eigenvalue weighted by Gasteiger charge is 2.65. The normalized spacial score (nSPS) is 27.2. The molecule has 6 nitrogen and oxygen atoms in total. The average molecular weight is 499 g/mol. The molecular weight excluding hydrogens is 470 g/mol. The van der Waals surface area contributed by atoms with Crippen molar-refractivity contribution >= 4 is 0 Å². The topological polar surface area (TPSA) is 69.4 Å². The van der Waals surface area contributed by atoms with E-state index in [-0.39, 0.29) is 22.6 Å². The number of nitrogens with zero attached hydrogens (tertiary/aromatic N) is 6. The lowest BCUT2D eigenvalue weighted by molar-refractivity contribution is 0.200. The standard InChI is InChI=1S/C29H28F2N6/c1-16-9-18(10-16)37-15-17(12-33-37)24-13-32-14-25(34-24)29-8-7-20(28(29,2)3)19-11-23(35-36-27(19)29)26-21(30)5-4-6-22(26)31/h4-6,11-16,18,20H,7-10H2,1-3H3/t16?,18?,20-,29-/m0/s1. The SMILES string of the molecule is CC1CC(n2cc(-c3cncc([C@@]45CC[C@@H](c6cc(-c7c(F)cccc7F)nnc64)C5(C)C)n3)cn2)C1. The first-order chi connectivity index (χ1) is 17.8. The van der Waals surface area contributed by atoms with Crippen LogP contribution < -0.4 is 0 Å². The molecule has 2 fully saturated rings. The molecule has 0 spiro atoms. The van der Waals surface area contributed by atoms with Crippen molar-refractivity contribution in [1.82, 2.24) is 29.9 Å². The molecule has 4 aromatic rings. The molecular formula is C29H28F2N6. The second kappa shape index (κ2) is 7.73. The minimum atomic E-state index is -0.637. The number of aromatic nitrogens is 6. The minimum Gasteiger partial charge on any atom is -0.269 e. The Balaban J connectivity index is 1.31. The summed E-state index contributed by atoms with van der Waals surface area (Å²) in [6.07, 6.45) is 11.7. The Morgan fingerprint density at radius 2 is 1.78 bits per heavy atom. The maximum absolute atomic E-state index is 14.5. The van der Waals surface area contributed by atoms with Gasteiger partial charge in [-0.3, -0.25) is 9.67 Å². The van der Waals surface area contributed by atoms with Crippen LogP contribution in [0.25, 0.3) is 22.5 Å². The molecule has 3 heterocycles. The summed E-state index contributed by atoms with van der Waals surface area (Å²) in [5.41, 5.74) is 3.86. The molecule has 3 aliphatic rings. The first-order valence-corrected chi connectivity index (χ1v) is 13.0. The van der Waals surface area contributed by atoms with Crippen LogP contribution in [0.2, 0.25) is 0 Å². The van der Waals surface area contributed by atoms with Gasteiger partial charge in [0.05, 0.1) is 52.2 Å². The summed E-state index contributed by atoms with van der Waals surface area (Å²) in [5.74, 6) is -0.347. The second-order valence-electron chi connectivity index (χ2n) is 11.6. The van der Waals surface area contributed by atoms with Gasteiger partial charge in [0, 0.05) is 18.0 Å². The molecule has 37 heavy (non-hydrogen) atoms. The predicted octanol–water partition coefficient (Wildman–Crippen LogP) is 6.25. The summed E-state index contributed by atoms with van der Waals surface area (Å²) >= 11 is 0. The monoisotopic (exact) mass is 498 g/mol. The highest BCUT2D eigenvalue weighted by molar-refractivity contribution is 5.64. The molecule has 8 heteroatoms. The van der Waals surface area contributed by atoms with Gasteiger partial charge in [0.25, 0.3) is 0 Å². The Morgan fingerprint density at radius 3 is 2.54 bits per heavy atom. The van der Waals surface area contributed by atoms with Gasteiger partial charge in [0.15, 0.2) is 0 Å². The third-order valence-electron chi connectivity index (χ3n) is 9.29. The van der Waals surface area contributed by atoms with Crippen LogP contribution >= 0.6 is 0 Å². The van der Waals surface area contributed by atoms with Gasteiger partial charge in [-0.25, -0.2) is 13.8 Å². The van der Waals surface area contributed by atoms with E-state index in [0.717, 1.165) is 59.8 Å². The van der Waals surface area contributed by atoms with Crippen molar-refractivity contribution in [2.45, 2.75) is 63.8 Å². The van der Waals surface area contributed by atoms with E-state index in [0.29, 0.717) is 6.04 Å². The van der Waals surface area contributed by atoms with Crippen LogP contribution in [0.1, 0.15) is 75.4 Å². The summed E-state index contributed by atoms with van der Waals surface area (Å²) < 4.78 is 31.1. The molecule has 2 bridgehead atoms. The molecule has 0 unspecified atom stereocenters. The van der Waals surface area contributed by atoms with Crippen LogP contribution in [-0.4, -0.2) is 29.9 Å². The zero-order chi connectivity index (χ0) is 25.5. The lowest BCUT2D eigenvalue weighted by atomic mass is 9.66. The van der Waals surface area contributed by atoms with Gasteiger partial charge in [-0.1, -0.05) is 26.8 Å². The molecule has 0 N–H and O–H groups in total. The molecule has 7 rings (SSSR count). The van der Waals surface area contributed by atoms with Gasteiger partial charge in [0.1, 0.15) is 11.6 Å². The Hall–Kier alpha value is -3.55. The lowest BCUT2D eigenvalue weighted by Gasteiger charge is -2.37. The molecule has 1 aromatic carbocycles. The van der Waals surface area contributed by atoms with E-state index in [4.69, 9.17) is 4.98 Å². The molecule has 3 aliphatic carbocycles. The highest BCUT2D eigenvalue weighted by atomic mass is 19.1. The van der Waals surface area contributed by atoms with E-state index in [1.54, 1.807) is 6.20 Å². The van der Waals surface area contributed by atoms with Gasteiger partial charge >= 0.3 is 0 Å². The molecule has 3 aromatic heterocycles. The van der Waals surface area contributed by atoms with Crippen molar-refractivity contribution < 1.29 is 8.78 Å². The number of benzene rings is 1. The number of halogens is 2. The van der Waals surface area contributed by atoms with Crippen LogP contribution in [0.5, 0.6) is 0 Å². The molecule has 0 aliphatic heterocycles. The average Bonchev–Trinajstić information content (AvgIpc) is 3.50. The van der Waals surface area contributed by atoms with Gasteiger partial charge in [-0.05, 0) is 66.7 Å². The summed E-state index contributed by atoms with van der Waals surface area (Å²) in [5, 5.41) is 13.6. The fourth-order valence-electron chi connectivity index (χ4n) is 7.21. The summed E-state index contributed by atoms with van der Waals surface area (Å²) in [7, 11) is 0. The van der Waals surface area contributed by atoms with E-state index in [1.165, 1.54) is 18.2 Å². The smallest absolute Gasteiger partial charge is 0.135 e. The fourth-order valence-corrected chi connectivity index (χ4v) is 7.21. The molecule has 0 radical (unpaired) electrons. The summed E-state index contributed by atoms with van der Waals surface area (Å²) in [4.78, 5) is 9.72. The maximum Gasteiger partial charge on any atom is 0.135 e. The van der Waals surface area contributed by atoms with Crippen molar-refractivity contribution in [2.75, 3.05) is 0 Å². The largest absolute Gasteiger partial charge is 0.269 e. The number of hydrogen-bond acceptors (Lipinski definition) is 5. The maximum atomic E-state index is 14.5. The van der Waals surface area contributed by atoms with Gasteiger partial charge in [0.2, 0.25) is 0 Å². The predicted molar refractivity (Wildman–Crippen MR) is 135 cm³/mol. The summed E-state index contributed by atoms with van der Waals surface area (Å²) in [6, 6.07) is 6.15. The molecule has 2 saturated carbocycles. The van der Waals surface area contributed by atoms with E-state index < -0.39 is 17.0 Å². The number of rotatable bonds is 4. The van der Waals surface area contributed by atoms with E-state index >= 15 is 0 Å². The fraction of sp³-hybridized carbons (Fsp3) is 0.414. The van der Waals surface area contributed by atoms with Crippen molar-refractivity contribution in [3.63, 3.8) is 0 Å². The third-order valence-corrected chi connectivity index (χ3v) is 9.29. The first kappa shape index (κ1) is 22.6. The lowest BCUT2D eigenvalue weighted by Crippen LogP contribution is -2.38. The van der Waals surface area contributed by atoms with Crippen molar-refractivity contribution in [3.05, 3.63) is 77.6 Å². The zero-order valence-corrected chi connectivity index (χ0v) is 21.1. The van der Waals surface area contributed by atoms with Crippen LogP contribution in [0.4, 0.5) is 8.78 Å². The highest BCUT2D eigenvalue weighted by Crippen LogP contribution is 2.69. The quantitative estimate of drug-likeness (QED) is 0.333. The van der Waals surface area contributed by atoms with Crippen LogP contribution in [0, 0.1) is 23.0 Å². The van der Waals surface area contributed by atoms with E-state index in [1.807, 2.05) is 18.5 Å². The van der Waals surface area contributed by atoms with E-state index in [9.17, 15) is 8.78 Å². The van der Waals surface area contributed by atoms with Crippen molar-refractivity contribution in [3.8, 4) is 22.5 Å². The van der Waals surface area contributed by atoms with Crippen molar-refractivity contribution in [1.29, 1.82) is 0 Å². The number of hydrogen-bond donors (Lipinski definition) is 0. The molecule has 0 saturated heterocycles. The summed E-state index contributed by atoms with van der Waals surface area (Å²) in [6.45, 7) is 6.74. The van der Waals surface area contributed by atoms with Gasteiger partial charge < -0.3 is 0 Å². The van der Waals surface area contributed by atoms with Crippen LogP contribution in [0.15, 0.2) is 49.1 Å². The zero-order valence-electron chi connectivity index (χ0n) is 21.1. The van der Waals surface area contributed by atoms with E-state index in [2.05, 4.69) is 51.9 Å². The Kier molecular flexibility index (Phi) is 4.73. The second-order valence-corrected chi connectivity index (χ2v) is 11.6. The molecule has 0 amide bonds. The Bertz CT molecular complexity index is 1520. The third kappa shape index (κ3) is 3.04. The van der Waals surface area contributed by atoms with Crippen LogP contribution in [0.3, 0.4) is 0 Å². The Morgan fingerprint density at radius 1 is 1.00 bits per heavy atom. The van der Waals surface area contributed by atoms with Crippen LogP contribution in [-0.2, 0) is 5.41 Å². The van der Waals surface area contributed by atoms with Gasteiger partial charge in [-0.15, -0.1) is 5.10 Å². The molecule has 188 valence electrons. The van der Waals surface area contributed by atoms with Gasteiger partial charge in [-0.2, -0.15) is 10.2 Å². The molecule has 2 atom stereocenters. The first-order valence-electron chi connectivity index (χ1n) is 13.0.